The number of carbonyl (C=O) groups is 2. The van der Waals surface area contributed by atoms with Crippen molar-refractivity contribution in [3.05, 3.63) is 0 Å². The first-order valence-electron chi connectivity index (χ1n) is 7.27. The second-order valence-electron chi connectivity index (χ2n) is 5.51. The lowest BCUT2D eigenvalue weighted by Crippen LogP contribution is -2.41. The van der Waals surface area contributed by atoms with Gasteiger partial charge in [-0.1, -0.05) is 26.2 Å². The minimum atomic E-state index is -0.760. The Morgan fingerprint density at radius 2 is 1.89 bits per heavy atom. The molecule has 0 aliphatic heterocycles. The van der Waals surface area contributed by atoms with Gasteiger partial charge in [0.2, 0.25) is 5.91 Å². The van der Waals surface area contributed by atoms with Crippen LogP contribution in [0, 0.1) is 5.41 Å². The number of rotatable bonds is 8. The predicted octanol–water partition coefficient (Wildman–Crippen LogP) is 1.53. The zero-order valence-corrected chi connectivity index (χ0v) is 11.8. The monoisotopic (exact) mass is 270 g/mol. The zero-order chi connectivity index (χ0) is 14.1. The van der Waals surface area contributed by atoms with Crippen molar-refractivity contribution >= 4 is 11.9 Å². The largest absolute Gasteiger partial charge is 0.481 e. The van der Waals surface area contributed by atoms with Crippen molar-refractivity contribution in [3.8, 4) is 0 Å². The second-order valence-corrected chi connectivity index (χ2v) is 5.51. The molecule has 1 saturated carbocycles. The topological polar surface area (TPSA) is 78.4 Å². The number of nitrogens with one attached hydrogen (secondary N) is 2. The molecule has 1 fully saturated rings. The molecule has 3 N–H and O–H groups in total. The second kappa shape index (κ2) is 8.15. The van der Waals surface area contributed by atoms with Gasteiger partial charge < -0.3 is 15.7 Å². The molecule has 0 spiro atoms. The summed E-state index contributed by atoms with van der Waals surface area (Å²) in [4.78, 5) is 22.7. The Kier molecular flexibility index (Phi) is 6.84. The van der Waals surface area contributed by atoms with Crippen LogP contribution in [0.15, 0.2) is 0 Å². The molecule has 0 aromatic rings. The molecule has 1 amide bonds. The number of hydrogen-bond acceptors (Lipinski definition) is 3. The highest BCUT2D eigenvalue weighted by Gasteiger charge is 2.34. The lowest BCUT2D eigenvalue weighted by molar-refractivity contribution is -0.140. The van der Waals surface area contributed by atoms with E-state index in [2.05, 4.69) is 10.6 Å². The van der Waals surface area contributed by atoms with E-state index in [1.165, 1.54) is 6.42 Å². The minimum absolute atomic E-state index is 0.0105. The van der Waals surface area contributed by atoms with E-state index >= 15 is 0 Å². The maximum Gasteiger partial charge on any atom is 0.303 e. The molecule has 0 aromatic carbocycles. The number of carboxylic acid groups (broad SMARTS) is 1. The van der Waals surface area contributed by atoms with E-state index in [9.17, 15) is 9.59 Å². The molecule has 0 atom stereocenters. The summed E-state index contributed by atoms with van der Waals surface area (Å²) in [5, 5.41) is 15.1. The number of aliphatic carboxylic acids is 1. The summed E-state index contributed by atoms with van der Waals surface area (Å²) in [5.74, 6) is -0.750. The van der Waals surface area contributed by atoms with Crippen LogP contribution in [0.5, 0.6) is 0 Å². The van der Waals surface area contributed by atoms with Gasteiger partial charge in [0.15, 0.2) is 0 Å². The van der Waals surface area contributed by atoms with Crippen LogP contribution in [0.25, 0.3) is 0 Å². The van der Waals surface area contributed by atoms with Crippen molar-refractivity contribution in [1.29, 1.82) is 0 Å². The van der Waals surface area contributed by atoms with Crippen molar-refractivity contribution in [2.45, 2.75) is 51.9 Å². The Labute approximate surface area is 115 Å². The predicted molar refractivity (Wildman–Crippen MR) is 73.9 cm³/mol. The Bertz CT molecular complexity index is 299. The van der Waals surface area contributed by atoms with Crippen LogP contribution in [0.2, 0.25) is 0 Å². The summed E-state index contributed by atoms with van der Waals surface area (Å²) >= 11 is 0. The van der Waals surface area contributed by atoms with Crippen LogP contribution in [0.4, 0.5) is 0 Å². The van der Waals surface area contributed by atoms with Gasteiger partial charge in [0.25, 0.3) is 0 Å². The van der Waals surface area contributed by atoms with Crippen LogP contribution in [0.3, 0.4) is 0 Å². The van der Waals surface area contributed by atoms with Gasteiger partial charge >= 0.3 is 5.97 Å². The Hall–Kier alpha value is -1.10. The average molecular weight is 270 g/mol. The fourth-order valence-corrected chi connectivity index (χ4v) is 2.79. The van der Waals surface area contributed by atoms with Gasteiger partial charge in [0.1, 0.15) is 0 Å². The van der Waals surface area contributed by atoms with Gasteiger partial charge in [-0.3, -0.25) is 9.59 Å². The first kappa shape index (κ1) is 16.0. The minimum Gasteiger partial charge on any atom is -0.481 e. The van der Waals surface area contributed by atoms with Crippen LogP contribution >= 0.6 is 0 Å². The van der Waals surface area contributed by atoms with E-state index in [1.807, 2.05) is 6.92 Å². The van der Waals surface area contributed by atoms with E-state index < -0.39 is 5.97 Å². The Balaban J connectivity index is 2.40. The standard InChI is InChI=1S/C14H26N2O3/c1-2-15-9-6-12(17)16-11-14(10-13(18)19)7-4-3-5-8-14/h15H,2-11H2,1H3,(H,16,17)(H,18,19). The van der Waals surface area contributed by atoms with Gasteiger partial charge in [-0.25, -0.2) is 0 Å². The van der Waals surface area contributed by atoms with Crippen molar-refractivity contribution in [2.75, 3.05) is 19.6 Å². The lowest BCUT2D eigenvalue weighted by Gasteiger charge is -2.36. The van der Waals surface area contributed by atoms with Gasteiger partial charge in [0, 0.05) is 19.5 Å². The SMILES string of the molecule is CCNCCC(=O)NCC1(CC(=O)O)CCCCC1. The highest BCUT2D eigenvalue weighted by atomic mass is 16.4. The Morgan fingerprint density at radius 3 is 2.47 bits per heavy atom. The molecule has 0 radical (unpaired) electrons. The third-order valence-electron chi connectivity index (χ3n) is 3.88. The van der Waals surface area contributed by atoms with Crippen molar-refractivity contribution in [1.82, 2.24) is 10.6 Å². The van der Waals surface area contributed by atoms with E-state index in [4.69, 9.17) is 5.11 Å². The number of carbonyl (C=O) groups excluding carboxylic acids is 1. The van der Waals surface area contributed by atoms with E-state index in [0.29, 0.717) is 19.5 Å². The third kappa shape index (κ3) is 6.05. The Morgan fingerprint density at radius 1 is 1.21 bits per heavy atom. The normalized spacial score (nSPS) is 17.9. The van der Waals surface area contributed by atoms with Gasteiger partial charge in [0.05, 0.1) is 6.42 Å². The first-order valence-corrected chi connectivity index (χ1v) is 7.27. The summed E-state index contributed by atoms with van der Waals surface area (Å²) in [6.45, 7) is 4.04. The van der Waals surface area contributed by atoms with E-state index in [1.54, 1.807) is 0 Å². The van der Waals surface area contributed by atoms with Crippen LogP contribution in [-0.2, 0) is 9.59 Å². The zero-order valence-electron chi connectivity index (χ0n) is 11.8. The molecule has 0 bridgehead atoms. The average Bonchev–Trinajstić information content (AvgIpc) is 2.37. The molecular weight excluding hydrogens is 244 g/mol. The maximum absolute atomic E-state index is 11.7. The molecule has 5 heteroatoms. The summed E-state index contributed by atoms with van der Waals surface area (Å²) in [5.41, 5.74) is -0.224. The highest BCUT2D eigenvalue weighted by molar-refractivity contribution is 5.76. The van der Waals surface area contributed by atoms with Crippen LogP contribution in [-0.4, -0.2) is 36.6 Å². The summed E-state index contributed by atoms with van der Waals surface area (Å²) < 4.78 is 0. The van der Waals surface area contributed by atoms with E-state index in [-0.39, 0.29) is 17.7 Å². The summed E-state index contributed by atoms with van der Waals surface area (Å²) in [6.07, 6.45) is 5.76. The quantitative estimate of drug-likeness (QED) is 0.584. The molecule has 0 unspecified atom stereocenters. The number of amides is 1. The fourth-order valence-electron chi connectivity index (χ4n) is 2.79. The summed E-state index contributed by atoms with van der Waals surface area (Å²) in [6, 6.07) is 0. The highest BCUT2D eigenvalue weighted by Crippen LogP contribution is 2.38. The van der Waals surface area contributed by atoms with Crippen LogP contribution < -0.4 is 10.6 Å². The smallest absolute Gasteiger partial charge is 0.303 e. The lowest BCUT2D eigenvalue weighted by atomic mass is 9.71. The molecule has 0 saturated heterocycles. The first-order chi connectivity index (χ1) is 9.08. The molecule has 110 valence electrons. The molecule has 19 heavy (non-hydrogen) atoms. The fraction of sp³-hybridized carbons (Fsp3) is 0.857. The van der Waals surface area contributed by atoms with E-state index in [0.717, 1.165) is 32.2 Å². The van der Waals surface area contributed by atoms with Gasteiger partial charge in [-0.2, -0.15) is 0 Å². The molecule has 0 heterocycles. The van der Waals surface area contributed by atoms with Crippen molar-refractivity contribution < 1.29 is 14.7 Å². The van der Waals surface area contributed by atoms with Crippen LogP contribution in [0.1, 0.15) is 51.9 Å². The molecular formula is C14H26N2O3. The summed E-state index contributed by atoms with van der Waals surface area (Å²) in [7, 11) is 0. The van der Waals surface area contributed by atoms with Crippen molar-refractivity contribution in [3.63, 3.8) is 0 Å². The maximum atomic E-state index is 11.7. The molecule has 5 nitrogen and oxygen atoms in total. The molecule has 0 aromatic heterocycles. The number of hydrogen-bond donors (Lipinski definition) is 3. The number of carboxylic acids is 1. The molecule has 1 rings (SSSR count). The molecule has 1 aliphatic carbocycles. The van der Waals surface area contributed by atoms with Gasteiger partial charge in [-0.05, 0) is 24.8 Å². The third-order valence-corrected chi connectivity index (χ3v) is 3.88. The molecule has 1 aliphatic rings. The van der Waals surface area contributed by atoms with Gasteiger partial charge in [-0.15, -0.1) is 0 Å². The van der Waals surface area contributed by atoms with Crippen molar-refractivity contribution in [2.24, 2.45) is 5.41 Å².